The summed E-state index contributed by atoms with van der Waals surface area (Å²) in [5.41, 5.74) is 0.463. The first-order valence-electron chi connectivity index (χ1n) is 10.6. The number of hydrogen-bond donors (Lipinski definition) is 2. The first-order valence-corrected chi connectivity index (χ1v) is 12.0. The van der Waals surface area contributed by atoms with Crippen molar-refractivity contribution < 1.29 is 19.3 Å². The Morgan fingerprint density at radius 2 is 1.91 bits per heavy atom. The van der Waals surface area contributed by atoms with E-state index in [1.165, 1.54) is 18.2 Å². The second kappa shape index (κ2) is 7.67. The number of imide groups is 1. The van der Waals surface area contributed by atoms with Gasteiger partial charge < -0.3 is 5.32 Å². The molecule has 0 radical (unpaired) electrons. The predicted molar refractivity (Wildman–Crippen MR) is 124 cm³/mol. The van der Waals surface area contributed by atoms with Crippen LogP contribution in [0.5, 0.6) is 0 Å². The fraction of sp³-hybridized carbons (Fsp3) is 0.348. The molecule has 170 valence electrons. The molecule has 3 amide bonds. The van der Waals surface area contributed by atoms with Crippen molar-refractivity contribution in [1.29, 1.82) is 0 Å². The van der Waals surface area contributed by atoms with Crippen molar-refractivity contribution in [3.63, 3.8) is 0 Å². The minimum Gasteiger partial charge on any atom is -0.324 e. The van der Waals surface area contributed by atoms with Gasteiger partial charge in [-0.2, -0.15) is 11.8 Å². The number of hydrogen-bond acceptors (Lipinski definition) is 7. The van der Waals surface area contributed by atoms with Crippen molar-refractivity contribution in [2.45, 2.75) is 24.9 Å². The second-order valence-electron chi connectivity index (χ2n) is 8.58. The molecule has 0 bridgehead atoms. The molecule has 3 aliphatic rings. The highest BCUT2D eigenvalue weighted by Crippen LogP contribution is 2.54. The normalized spacial score (nSPS) is 27.8. The molecule has 0 aliphatic carbocycles. The quantitative estimate of drug-likeness (QED) is 0.395. The number of nitro benzene ring substituents is 1. The number of nitrogens with one attached hydrogen (secondary N) is 2. The van der Waals surface area contributed by atoms with Crippen LogP contribution in [0.3, 0.4) is 0 Å². The number of fused-ring (bicyclic) bond motifs is 4. The number of carbonyl (C=O) groups is 3. The third kappa shape index (κ3) is 2.94. The summed E-state index contributed by atoms with van der Waals surface area (Å²) in [7, 11) is 0. The largest absolute Gasteiger partial charge is 0.324 e. The molecule has 10 heteroatoms. The van der Waals surface area contributed by atoms with E-state index >= 15 is 0 Å². The molecule has 9 nitrogen and oxygen atoms in total. The highest BCUT2D eigenvalue weighted by Gasteiger charge is 2.70. The molecule has 3 heterocycles. The van der Waals surface area contributed by atoms with E-state index in [0.717, 1.165) is 10.7 Å². The summed E-state index contributed by atoms with van der Waals surface area (Å²) in [4.78, 5) is 52.8. The molecule has 0 saturated carbocycles. The van der Waals surface area contributed by atoms with Gasteiger partial charge in [0.25, 0.3) is 5.69 Å². The van der Waals surface area contributed by atoms with Crippen LogP contribution >= 0.6 is 11.8 Å². The molecule has 33 heavy (non-hydrogen) atoms. The molecule has 2 aromatic rings. The van der Waals surface area contributed by atoms with E-state index in [0.29, 0.717) is 23.2 Å². The summed E-state index contributed by atoms with van der Waals surface area (Å²) in [6.07, 6.45) is 2.56. The first kappa shape index (κ1) is 21.6. The number of rotatable bonds is 5. The summed E-state index contributed by atoms with van der Waals surface area (Å²) < 4.78 is 0. The molecule has 2 fully saturated rings. The van der Waals surface area contributed by atoms with Crippen molar-refractivity contribution in [2.75, 3.05) is 22.2 Å². The van der Waals surface area contributed by atoms with Crippen molar-refractivity contribution in [2.24, 2.45) is 11.8 Å². The summed E-state index contributed by atoms with van der Waals surface area (Å²) in [5.74, 6) is -2.25. The zero-order chi connectivity index (χ0) is 23.5. The summed E-state index contributed by atoms with van der Waals surface area (Å²) >= 11 is 1.62. The van der Waals surface area contributed by atoms with Gasteiger partial charge in [0, 0.05) is 29.4 Å². The topological polar surface area (TPSA) is 122 Å². The lowest BCUT2D eigenvalue weighted by molar-refractivity contribution is -0.384. The van der Waals surface area contributed by atoms with E-state index < -0.39 is 34.1 Å². The zero-order valence-electron chi connectivity index (χ0n) is 18.0. The molecule has 0 aromatic heterocycles. The number of thioether (sulfide) groups is 1. The predicted octanol–water partition coefficient (Wildman–Crippen LogP) is 2.58. The second-order valence-corrected chi connectivity index (χ2v) is 9.57. The Morgan fingerprint density at radius 3 is 2.64 bits per heavy atom. The minimum absolute atomic E-state index is 0.194. The molecule has 1 spiro atoms. The number of non-ortho nitro benzene ring substituents is 1. The molecule has 5 rings (SSSR count). The standard InChI is InChI=1S/C23H22N4O5S/c1-12-7-8-13(27(31)32)11-17(12)26-20(28)18-16(9-10-33-2)25-23(19(18)21(26)29)14-5-3-4-6-15(14)24-22(23)30/h3-8,11,16,18-19,25H,9-10H2,1-2H3,(H,24,30)/t16-,18+,19+,23-/m0/s1. The monoisotopic (exact) mass is 466 g/mol. The molecule has 0 unspecified atom stereocenters. The number of para-hydroxylation sites is 1. The summed E-state index contributed by atoms with van der Waals surface area (Å²) in [6, 6.07) is 10.9. The van der Waals surface area contributed by atoms with Gasteiger partial charge in [-0.05, 0) is 37.0 Å². The van der Waals surface area contributed by atoms with Crippen LogP contribution in [0.1, 0.15) is 17.5 Å². The maximum absolute atomic E-state index is 13.9. The van der Waals surface area contributed by atoms with Gasteiger partial charge in [-0.15, -0.1) is 0 Å². The number of benzene rings is 2. The maximum atomic E-state index is 13.9. The Bertz CT molecular complexity index is 1220. The highest BCUT2D eigenvalue weighted by molar-refractivity contribution is 7.98. The Hall–Kier alpha value is -3.24. The Kier molecular flexibility index (Phi) is 5.02. The average Bonchev–Trinajstić information content (AvgIpc) is 3.37. The molecule has 2 aromatic carbocycles. The van der Waals surface area contributed by atoms with Crippen molar-refractivity contribution in [3.8, 4) is 0 Å². The van der Waals surface area contributed by atoms with Crippen LogP contribution in [-0.4, -0.2) is 40.7 Å². The third-order valence-corrected chi connectivity index (χ3v) is 7.54. The fourth-order valence-electron chi connectivity index (χ4n) is 5.44. The maximum Gasteiger partial charge on any atom is 0.271 e. The van der Waals surface area contributed by atoms with Crippen LogP contribution in [0.25, 0.3) is 0 Å². The van der Waals surface area contributed by atoms with Gasteiger partial charge in [0.2, 0.25) is 17.7 Å². The van der Waals surface area contributed by atoms with Gasteiger partial charge in [0.15, 0.2) is 0 Å². The van der Waals surface area contributed by atoms with Crippen molar-refractivity contribution in [1.82, 2.24) is 5.32 Å². The molecule has 2 saturated heterocycles. The minimum atomic E-state index is -1.36. The molecule has 3 aliphatic heterocycles. The summed E-state index contributed by atoms with van der Waals surface area (Å²) in [5, 5.41) is 17.6. The van der Waals surface area contributed by atoms with Crippen LogP contribution in [-0.2, 0) is 19.9 Å². The van der Waals surface area contributed by atoms with E-state index in [2.05, 4.69) is 10.6 Å². The number of aryl methyl sites for hydroxylation is 1. The summed E-state index contributed by atoms with van der Waals surface area (Å²) in [6.45, 7) is 1.70. The van der Waals surface area contributed by atoms with E-state index in [9.17, 15) is 24.5 Å². The number of carbonyl (C=O) groups excluding carboxylic acids is 3. The van der Waals surface area contributed by atoms with Crippen LogP contribution in [0.4, 0.5) is 17.1 Å². The first-order chi connectivity index (χ1) is 15.8. The number of amides is 3. The number of nitro groups is 1. The van der Waals surface area contributed by atoms with E-state index in [-0.39, 0.29) is 23.3 Å². The van der Waals surface area contributed by atoms with E-state index in [1.807, 2.05) is 6.26 Å². The number of nitrogens with zero attached hydrogens (tertiary/aromatic N) is 2. The van der Waals surface area contributed by atoms with Crippen molar-refractivity contribution in [3.05, 3.63) is 63.7 Å². The Balaban J connectivity index is 1.66. The third-order valence-electron chi connectivity index (χ3n) is 6.90. The van der Waals surface area contributed by atoms with Gasteiger partial charge in [-0.25, -0.2) is 4.90 Å². The van der Waals surface area contributed by atoms with Gasteiger partial charge >= 0.3 is 0 Å². The lowest BCUT2D eigenvalue weighted by Gasteiger charge is -2.29. The van der Waals surface area contributed by atoms with Gasteiger partial charge in [-0.3, -0.25) is 29.8 Å². The molecular formula is C23H22N4O5S. The van der Waals surface area contributed by atoms with E-state index in [1.54, 1.807) is 43.0 Å². The molecular weight excluding hydrogens is 444 g/mol. The van der Waals surface area contributed by atoms with E-state index in [4.69, 9.17) is 0 Å². The van der Waals surface area contributed by atoms with Crippen LogP contribution in [0, 0.1) is 28.9 Å². The smallest absolute Gasteiger partial charge is 0.271 e. The SMILES string of the molecule is CSCC[C@@H]1N[C@]2(C(=O)Nc3ccccc32)[C@H]2C(=O)N(c3cc([N+](=O)[O-])ccc3C)C(=O)[C@H]12. The van der Waals surface area contributed by atoms with Gasteiger partial charge in [0.05, 0.1) is 22.4 Å². The Labute approximate surface area is 194 Å². The molecule has 2 N–H and O–H groups in total. The lowest BCUT2D eigenvalue weighted by Crippen LogP contribution is -2.53. The fourth-order valence-corrected chi connectivity index (χ4v) is 5.93. The highest BCUT2D eigenvalue weighted by atomic mass is 32.2. The van der Waals surface area contributed by atoms with Gasteiger partial charge in [-0.1, -0.05) is 24.3 Å². The molecule has 4 atom stereocenters. The van der Waals surface area contributed by atoms with Crippen LogP contribution < -0.4 is 15.5 Å². The van der Waals surface area contributed by atoms with Crippen LogP contribution in [0.2, 0.25) is 0 Å². The number of anilines is 2. The van der Waals surface area contributed by atoms with Gasteiger partial charge in [0.1, 0.15) is 5.54 Å². The van der Waals surface area contributed by atoms with Crippen LogP contribution in [0.15, 0.2) is 42.5 Å². The zero-order valence-corrected chi connectivity index (χ0v) is 18.8. The van der Waals surface area contributed by atoms with Crippen molar-refractivity contribution >= 4 is 46.5 Å². The average molecular weight is 467 g/mol. The lowest BCUT2D eigenvalue weighted by atomic mass is 9.76. The Morgan fingerprint density at radius 1 is 1.15 bits per heavy atom.